The van der Waals surface area contributed by atoms with Crippen molar-refractivity contribution in [3.63, 3.8) is 0 Å². The summed E-state index contributed by atoms with van der Waals surface area (Å²) in [6.07, 6.45) is 2.33. The second kappa shape index (κ2) is 5.25. The highest BCUT2D eigenvalue weighted by Crippen LogP contribution is 2.39. The summed E-state index contributed by atoms with van der Waals surface area (Å²) in [5.74, 6) is 0.657. The van der Waals surface area contributed by atoms with E-state index in [-0.39, 0.29) is 0 Å². The van der Waals surface area contributed by atoms with E-state index in [1.165, 1.54) is 38.6 Å². The first-order chi connectivity index (χ1) is 9.58. The van der Waals surface area contributed by atoms with Crippen molar-refractivity contribution in [3.05, 3.63) is 50.7 Å². The van der Waals surface area contributed by atoms with Crippen LogP contribution in [0.4, 0.5) is 5.69 Å². The van der Waals surface area contributed by atoms with Gasteiger partial charge < -0.3 is 5.32 Å². The van der Waals surface area contributed by atoms with E-state index in [2.05, 4.69) is 57.3 Å². The molecular formula is C18H23NS. The smallest absolute Gasteiger partial charge is 0.0565 e. The van der Waals surface area contributed by atoms with Crippen LogP contribution in [-0.2, 0) is 6.42 Å². The zero-order valence-electron chi connectivity index (χ0n) is 12.8. The van der Waals surface area contributed by atoms with E-state index < -0.39 is 0 Å². The molecule has 1 aromatic carbocycles. The molecule has 1 aromatic heterocycles. The van der Waals surface area contributed by atoms with Gasteiger partial charge >= 0.3 is 0 Å². The van der Waals surface area contributed by atoms with Gasteiger partial charge in [-0.05, 0) is 61.4 Å². The lowest BCUT2D eigenvalue weighted by Gasteiger charge is -2.11. The zero-order chi connectivity index (χ0) is 14.3. The number of rotatable bonds is 3. The molecule has 1 N–H and O–H groups in total. The summed E-state index contributed by atoms with van der Waals surface area (Å²) in [4.78, 5) is 2.87. The number of hydrogen-bond donors (Lipinski definition) is 1. The van der Waals surface area contributed by atoms with Crippen molar-refractivity contribution in [2.75, 3.05) is 5.32 Å². The SMILES string of the molecule is CCC(C)c1ccc2c(c1)CC(c1cc(C)sc1C)N2. The maximum Gasteiger partial charge on any atom is 0.0565 e. The number of benzene rings is 1. The average molecular weight is 285 g/mol. The summed E-state index contributed by atoms with van der Waals surface area (Å²) >= 11 is 1.91. The van der Waals surface area contributed by atoms with E-state index in [1.54, 1.807) is 0 Å². The molecule has 2 heterocycles. The molecule has 0 radical (unpaired) electrons. The summed E-state index contributed by atoms with van der Waals surface area (Å²) in [6, 6.07) is 9.77. The highest BCUT2D eigenvalue weighted by atomic mass is 32.1. The number of anilines is 1. The molecule has 0 aliphatic carbocycles. The van der Waals surface area contributed by atoms with Crippen LogP contribution in [0.15, 0.2) is 24.3 Å². The van der Waals surface area contributed by atoms with Crippen molar-refractivity contribution in [3.8, 4) is 0 Å². The van der Waals surface area contributed by atoms with Gasteiger partial charge in [-0.15, -0.1) is 11.3 Å². The van der Waals surface area contributed by atoms with Crippen LogP contribution >= 0.6 is 11.3 Å². The molecule has 1 aliphatic heterocycles. The minimum absolute atomic E-state index is 0.460. The van der Waals surface area contributed by atoms with Crippen molar-refractivity contribution in [1.29, 1.82) is 0 Å². The Kier molecular flexibility index (Phi) is 3.59. The van der Waals surface area contributed by atoms with E-state index in [1.807, 2.05) is 11.3 Å². The maximum absolute atomic E-state index is 3.70. The molecule has 20 heavy (non-hydrogen) atoms. The molecule has 2 unspecified atom stereocenters. The van der Waals surface area contributed by atoms with Gasteiger partial charge in [0.25, 0.3) is 0 Å². The van der Waals surface area contributed by atoms with Crippen LogP contribution in [0.5, 0.6) is 0 Å². The first-order valence-corrected chi connectivity index (χ1v) is 8.36. The Morgan fingerprint density at radius 3 is 2.75 bits per heavy atom. The molecular weight excluding hydrogens is 262 g/mol. The fraction of sp³-hybridized carbons (Fsp3) is 0.444. The monoisotopic (exact) mass is 285 g/mol. The van der Waals surface area contributed by atoms with Crippen LogP contribution in [0.3, 0.4) is 0 Å². The van der Waals surface area contributed by atoms with E-state index >= 15 is 0 Å². The number of aryl methyl sites for hydroxylation is 2. The topological polar surface area (TPSA) is 12.0 Å². The van der Waals surface area contributed by atoms with E-state index in [0.717, 1.165) is 6.42 Å². The van der Waals surface area contributed by atoms with Crippen LogP contribution in [-0.4, -0.2) is 0 Å². The molecule has 0 fully saturated rings. The first-order valence-electron chi connectivity index (χ1n) is 7.54. The van der Waals surface area contributed by atoms with E-state index in [4.69, 9.17) is 0 Å². The molecule has 106 valence electrons. The van der Waals surface area contributed by atoms with Gasteiger partial charge in [0.2, 0.25) is 0 Å². The summed E-state index contributed by atoms with van der Waals surface area (Å²) in [7, 11) is 0. The normalized spacial score (nSPS) is 18.7. The van der Waals surface area contributed by atoms with Crippen LogP contribution in [0, 0.1) is 13.8 Å². The van der Waals surface area contributed by atoms with Crippen molar-refractivity contribution >= 4 is 17.0 Å². The Morgan fingerprint density at radius 1 is 1.30 bits per heavy atom. The second-order valence-corrected chi connectivity index (χ2v) is 7.46. The Morgan fingerprint density at radius 2 is 2.10 bits per heavy atom. The third-order valence-corrected chi connectivity index (χ3v) is 5.50. The minimum atomic E-state index is 0.460. The van der Waals surface area contributed by atoms with Crippen LogP contribution in [0.2, 0.25) is 0 Å². The van der Waals surface area contributed by atoms with Gasteiger partial charge in [0.15, 0.2) is 0 Å². The molecule has 0 saturated carbocycles. The van der Waals surface area contributed by atoms with Crippen LogP contribution in [0.25, 0.3) is 0 Å². The molecule has 0 spiro atoms. The Hall–Kier alpha value is -1.28. The molecule has 1 aliphatic rings. The predicted octanol–water partition coefficient (Wildman–Crippen LogP) is 5.59. The third kappa shape index (κ3) is 2.37. The van der Waals surface area contributed by atoms with Gasteiger partial charge in [-0.3, -0.25) is 0 Å². The quantitative estimate of drug-likeness (QED) is 0.775. The van der Waals surface area contributed by atoms with Crippen molar-refractivity contribution < 1.29 is 0 Å². The molecule has 2 heteroatoms. The van der Waals surface area contributed by atoms with Crippen LogP contribution < -0.4 is 5.32 Å². The number of thiophene rings is 1. The van der Waals surface area contributed by atoms with Gasteiger partial charge in [0, 0.05) is 15.4 Å². The molecule has 0 amide bonds. The van der Waals surface area contributed by atoms with Gasteiger partial charge in [0.1, 0.15) is 0 Å². The van der Waals surface area contributed by atoms with Gasteiger partial charge in [-0.2, -0.15) is 0 Å². The van der Waals surface area contributed by atoms with Crippen molar-refractivity contribution in [2.24, 2.45) is 0 Å². The summed E-state index contributed by atoms with van der Waals surface area (Å²) in [6.45, 7) is 9.01. The summed E-state index contributed by atoms with van der Waals surface area (Å²) in [5.41, 5.74) is 5.77. The average Bonchev–Trinajstić information content (AvgIpc) is 2.99. The lowest BCUT2D eigenvalue weighted by atomic mass is 9.95. The van der Waals surface area contributed by atoms with Crippen molar-refractivity contribution in [2.45, 2.75) is 52.5 Å². The molecule has 0 bridgehead atoms. The standard InChI is InChI=1S/C18H23NS/c1-5-11(2)14-6-7-17-15(9-14)10-18(19-17)16-8-12(3)20-13(16)4/h6-9,11,18-19H,5,10H2,1-4H3. The minimum Gasteiger partial charge on any atom is -0.378 e. The summed E-state index contributed by atoms with van der Waals surface area (Å²) < 4.78 is 0. The maximum atomic E-state index is 3.70. The summed E-state index contributed by atoms with van der Waals surface area (Å²) in [5, 5.41) is 3.70. The molecule has 0 saturated heterocycles. The first kappa shape index (κ1) is 13.7. The molecule has 3 rings (SSSR count). The highest BCUT2D eigenvalue weighted by molar-refractivity contribution is 7.12. The Bertz CT molecular complexity index is 626. The van der Waals surface area contributed by atoms with Crippen LogP contribution in [0.1, 0.15) is 58.7 Å². The second-order valence-electron chi connectivity index (χ2n) is 6.00. The lowest BCUT2D eigenvalue weighted by Crippen LogP contribution is -2.05. The fourth-order valence-corrected chi connectivity index (χ4v) is 4.10. The van der Waals surface area contributed by atoms with Gasteiger partial charge in [-0.25, -0.2) is 0 Å². The third-order valence-electron chi connectivity index (χ3n) is 4.52. The molecule has 2 aromatic rings. The number of nitrogens with one attached hydrogen (secondary N) is 1. The lowest BCUT2D eigenvalue weighted by molar-refractivity contribution is 0.732. The molecule has 1 nitrogen and oxygen atoms in total. The van der Waals surface area contributed by atoms with Crippen molar-refractivity contribution in [1.82, 2.24) is 0 Å². The predicted molar refractivity (Wildman–Crippen MR) is 89.0 cm³/mol. The van der Waals surface area contributed by atoms with Gasteiger partial charge in [0.05, 0.1) is 6.04 Å². The Labute approximate surface area is 126 Å². The van der Waals surface area contributed by atoms with E-state index in [0.29, 0.717) is 12.0 Å². The molecule has 2 atom stereocenters. The van der Waals surface area contributed by atoms with Gasteiger partial charge in [-0.1, -0.05) is 26.0 Å². The highest BCUT2D eigenvalue weighted by Gasteiger charge is 2.24. The Balaban J connectivity index is 1.87. The number of hydrogen-bond acceptors (Lipinski definition) is 2. The van der Waals surface area contributed by atoms with E-state index in [9.17, 15) is 0 Å². The largest absolute Gasteiger partial charge is 0.378 e. The number of fused-ring (bicyclic) bond motifs is 1. The fourth-order valence-electron chi connectivity index (χ4n) is 3.11. The zero-order valence-corrected chi connectivity index (χ0v) is 13.6.